The van der Waals surface area contributed by atoms with Gasteiger partial charge in [0.05, 0.1) is 0 Å². The molecule has 0 bridgehead atoms. The second kappa shape index (κ2) is 15.7. The van der Waals surface area contributed by atoms with Crippen LogP contribution in [0.25, 0.3) is 0 Å². The number of hydrogen-bond acceptors (Lipinski definition) is 0. The van der Waals surface area contributed by atoms with Crippen molar-refractivity contribution in [2.45, 2.75) is 53.4 Å². The molecule has 2 unspecified atom stereocenters. The van der Waals surface area contributed by atoms with Crippen molar-refractivity contribution in [2.75, 3.05) is 0 Å². The Morgan fingerprint density at radius 1 is 0.913 bits per heavy atom. The molecule has 0 radical (unpaired) electrons. The second-order valence-electron chi connectivity index (χ2n) is 5.78. The summed E-state index contributed by atoms with van der Waals surface area (Å²) in [5.41, 5.74) is 2.60. The molecule has 0 heterocycles. The maximum atomic E-state index is 4.93. The van der Waals surface area contributed by atoms with Crippen LogP contribution in [0.3, 0.4) is 0 Å². The van der Waals surface area contributed by atoms with Crippen molar-refractivity contribution in [1.29, 1.82) is 0 Å². The van der Waals surface area contributed by atoms with Crippen molar-refractivity contribution in [1.82, 2.24) is 0 Å². The number of halogens is 2. The average Bonchev–Trinajstić information content (AvgIpc) is 3.22. The summed E-state index contributed by atoms with van der Waals surface area (Å²) in [7, 11) is 9.87. The third-order valence-corrected chi connectivity index (χ3v) is 3.75. The van der Waals surface area contributed by atoms with Gasteiger partial charge in [-0.25, -0.2) is 18.6 Å². The zero-order valence-electron chi connectivity index (χ0n) is 14.5. The minimum absolute atomic E-state index is 0.733. The van der Waals surface area contributed by atoms with E-state index in [4.69, 9.17) is 17.0 Å². The molecule has 23 heavy (non-hydrogen) atoms. The van der Waals surface area contributed by atoms with Gasteiger partial charge < -0.3 is 29.8 Å². The summed E-state index contributed by atoms with van der Waals surface area (Å²) in [5.74, 6) is 1.57. The Morgan fingerprint density at radius 2 is 1.35 bits per heavy atom. The van der Waals surface area contributed by atoms with Gasteiger partial charge in [-0.15, -0.1) is 0 Å². The van der Waals surface area contributed by atoms with Crippen molar-refractivity contribution in [2.24, 2.45) is 11.8 Å². The predicted molar refractivity (Wildman–Crippen MR) is 97.4 cm³/mol. The molecule has 0 aliphatic heterocycles. The van der Waals surface area contributed by atoms with E-state index in [9.17, 15) is 0 Å². The van der Waals surface area contributed by atoms with Gasteiger partial charge in [-0.3, -0.25) is 0 Å². The predicted octanol–water partition coefficient (Wildman–Crippen LogP) is 6.57. The molecule has 0 saturated heterocycles. The molecule has 0 fully saturated rings. The van der Waals surface area contributed by atoms with E-state index >= 15 is 0 Å². The molecule has 0 amide bonds. The van der Waals surface area contributed by atoms with Crippen LogP contribution < -0.4 is 0 Å². The van der Waals surface area contributed by atoms with Crippen LogP contribution in [0.5, 0.6) is 0 Å². The normalized spacial score (nSPS) is 12.3. The molecule has 2 atom stereocenters. The van der Waals surface area contributed by atoms with Gasteiger partial charge in [0.15, 0.2) is 0 Å². The molecule has 0 aliphatic rings. The Bertz CT molecular complexity index is 392. The molecule has 0 saturated carbocycles. The van der Waals surface area contributed by atoms with E-state index in [1.807, 2.05) is 0 Å². The Kier molecular flexibility index (Phi) is 15.8. The van der Waals surface area contributed by atoms with Gasteiger partial charge in [0.25, 0.3) is 0 Å². The summed E-state index contributed by atoms with van der Waals surface area (Å²) in [5, 5.41) is 0. The maximum absolute atomic E-state index is 4.93. The van der Waals surface area contributed by atoms with E-state index < -0.39 is 20.8 Å². The van der Waals surface area contributed by atoms with Crippen molar-refractivity contribution in [3.05, 3.63) is 59.7 Å². The molecule has 2 rings (SSSR count). The Labute approximate surface area is 162 Å². The Balaban J connectivity index is 0.000000360. The van der Waals surface area contributed by atoms with E-state index in [2.05, 4.69) is 76.2 Å². The van der Waals surface area contributed by atoms with E-state index in [1.165, 1.54) is 24.8 Å². The van der Waals surface area contributed by atoms with Crippen LogP contribution in [0.4, 0.5) is 0 Å². The van der Waals surface area contributed by atoms with Crippen molar-refractivity contribution in [3.63, 3.8) is 0 Å². The Hall–Kier alpha value is 0.163. The fourth-order valence-corrected chi connectivity index (χ4v) is 1.94. The van der Waals surface area contributed by atoms with Gasteiger partial charge in [-0.2, -0.15) is 17.7 Å². The van der Waals surface area contributed by atoms with Crippen LogP contribution in [0.15, 0.2) is 24.3 Å². The molecule has 0 aromatic heterocycles. The fraction of sp³-hybridized carbons (Fsp3) is 0.500. The third-order valence-electron chi connectivity index (χ3n) is 3.75. The van der Waals surface area contributed by atoms with Crippen LogP contribution in [-0.4, -0.2) is 0 Å². The Morgan fingerprint density at radius 3 is 1.78 bits per heavy atom. The van der Waals surface area contributed by atoms with E-state index in [0.717, 1.165) is 23.8 Å². The van der Waals surface area contributed by atoms with Crippen molar-refractivity contribution in [3.8, 4) is 0 Å². The van der Waals surface area contributed by atoms with Crippen LogP contribution >= 0.6 is 17.0 Å². The van der Waals surface area contributed by atoms with Gasteiger partial charge in [0.2, 0.25) is 0 Å². The first-order valence-electron chi connectivity index (χ1n) is 8.11. The summed E-state index contributed by atoms with van der Waals surface area (Å²) >= 11 is -0.826. The van der Waals surface area contributed by atoms with Crippen molar-refractivity contribution < 1.29 is 20.8 Å². The topological polar surface area (TPSA) is 0 Å². The monoisotopic (exact) mass is 426 g/mol. The second-order valence-corrected chi connectivity index (χ2v) is 9.51. The first-order chi connectivity index (χ1) is 11.1. The summed E-state index contributed by atoms with van der Waals surface area (Å²) in [4.78, 5) is 0. The van der Waals surface area contributed by atoms with Gasteiger partial charge in [-0.05, 0) is 0 Å². The van der Waals surface area contributed by atoms with Crippen LogP contribution in [0.2, 0.25) is 0 Å². The third kappa shape index (κ3) is 13.2. The van der Waals surface area contributed by atoms with E-state index in [1.54, 1.807) is 0 Å². The fourth-order valence-electron chi connectivity index (χ4n) is 1.94. The molecule has 2 aromatic rings. The van der Waals surface area contributed by atoms with Gasteiger partial charge in [0, 0.05) is 0 Å². The summed E-state index contributed by atoms with van der Waals surface area (Å²) in [6.07, 6.45) is 4.80. The summed E-state index contributed by atoms with van der Waals surface area (Å²) < 4.78 is 0. The molecule has 0 N–H and O–H groups in total. The van der Waals surface area contributed by atoms with Crippen LogP contribution in [-0.2, 0) is 33.7 Å². The molecule has 130 valence electrons. The standard InChI is InChI=1S/C10H15.C10H11.2ClH.Zr/c2*1-3-9(2)8-10-6-4-5-7-10;;;/h4-7,9H,3,8H2,1-2H3;9H,3,8H2,1-2H3;2*1H;/q-1;-5;;;+2/p-2. The van der Waals surface area contributed by atoms with E-state index in [0.29, 0.717) is 0 Å². The van der Waals surface area contributed by atoms with Crippen LogP contribution in [0, 0.1) is 36.1 Å². The first kappa shape index (κ1) is 23.2. The quantitative estimate of drug-likeness (QED) is 0.457. The zero-order chi connectivity index (χ0) is 17.5. The minimum atomic E-state index is -0.826. The van der Waals surface area contributed by atoms with Crippen LogP contribution in [0.1, 0.15) is 51.7 Å². The van der Waals surface area contributed by atoms with Gasteiger partial charge in [0.1, 0.15) is 0 Å². The molecule has 3 heteroatoms. The average molecular weight is 429 g/mol. The molecule has 0 nitrogen and oxygen atoms in total. The molecular formula is C20H26Cl2Zr-6. The number of hydrogen-bond donors (Lipinski definition) is 0. The van der Waals surface area contributed by atoms with Gasteiger partial charge in [-0.1, -0.05) is 58.8 Å². The first-order valence-corrected chi connectivity index (χ1v) is 14.4. The van der Waals surface area contributed by atoms with Crippen molar-refractivity contribution >= 4 is 17.0 Å². The zero-order valence-corrected chi connectivity index (χ0v) is 18.5. The molecule has 2 aromatic carbocycles. The molecule has 0 spiro atoms. The molecule has 0 aliphatic carbocycles. The SMILES string of the molecule is CCC(C)C[c-]1[c-][c-][c-][c-]1.CCC(C)C[c-]1cccc1.[Cl][Zr][Cl]. The molecular weight excluding hydrogens is 402 g/mol. The summed E-state index contributed by atoms with van der Waals surface area (Å²) in [6, 6.07) is 20.1. The van der Waals surface area contributed by atoms with E-state index in [-0.39, 0.29) is 0 Å². The summed E-state index contributed by atoms with van der Waals surface area (Å²) in [6.45, 7) is 8.97. The number of rotatable bonds is 6. The van der Waals surface area contributed by atoms with Gasteiger partial charge >= 0.3 is 37.9 Å².